The summed E-state index contributed by atoms with van der Waals surface area (Å²) in [6.07, 6.45) is 3.83. The molecule has 7 heteroatoms. The maximum absolute atomic E-state index is 6.28. The van der Waals surface area contributed by atoms with Crippen molar-refractivity contribution in [1.82, 2.24) is 10.1 Å². The number of halogens is 1. The molecule has 1 aliphatic carbocycles. The fourth-order valence-electron chi connectivity index (χ4n) is 2.01. The summed E-state index contributed by atoms with van der Waals surface area (Å²) in [7, 11) is 0. The Morgan fingerprint density at radius 1 is 1.57 bits per heavy atom. The summed E-state index contributed by atoms with van der Waals surface area (Å²) in [5.74, 6) is 0.989. The molecule has 2 N–H and O–H groups in total. The van der Waals surface area contributed by atoms with E-state index < -0.39 is 5.54 Å². The molecular weight excluding hydrogens is 354 g/mol. The average Bonchev–Trinajstić information content (AvgIpc) is 2.96. The Kier molecular flexibility index (Phi) is 4.18. The third-order valence-electron chi connectivity index (χ3n) is 3.68. The summed E-state index contributed by atoms with van der Waals surface area (Å²) >= 11 is 5.07. The molecule has 1 unspecified atom stereocenters. The number of thiophene rings is 1. The Morgan fingerprint density at radius 3 is 2.90 bits per heavy atom. The minimum atomic E-state index is -0.735. The number of rotatable bonds is 5. The lowest BCUT2D eigenvalue weighted by molar-refractivity contribution is -0.0222. The molecule has 0 aromatic carbocycles. The minimum absolute atomic E-state index is 0.343. The summed E-state index contributed by atoms with van der Waals surface area (Å²) in [6, 6.07) is 2.02. The van der Waals surface area contributed by atoms with E-state index in [4.69, 9.17) is 15.0 Å². The highest BCUT2D eigenvalue weighted by molar-refractivity contribution is 9.11. The summed E-state index contributed by atoms with van der Waals surface area (Å²) in [5, 5.41) is 4.03. The van der Waals surface area contributed by atoms with E-state index in [1.54, 1.807) is 11.3 Å². The fourth-order valence-corrected chi connectivity index (χ4v) is 3.47. The molecular formula is C14H18BrN3O2S. The van der Waals surface area contributed by atoms with Crippen molar-refractivity contribution in [3.63, 3.8) is 0 Å². The van der Waals surface area contributed by atoms with Crippen LogP contribution in [0.5, 0.6) is 0 Å². The minimum Gasteiger partial charge on any atom is -0.376 e. The van der Waals surface area contributed by atoms with Gasteiger partial charge >= 0.3 is 0 Å². The van der Waals surface area contributed by atoms with E-state index in [0.29, 0.717) is 24.4 Å². The maximum atomic E-state index is 6.28. The maximum Gasteiger partial charge on any atom is 0.268 e. The van der Waals surface area contributed by atoms with Gasteiger partial charge in [0.15, 0.2) is 5.82 Å². The van der Waals surface area contributed by atoms with E-state index in [1.807, 2.05) is 19.9 Å². The topological polar surface area (TPSA) is 74.2 Å². The van der Waals surface area contributed by atoms with Gasteiger partial charge < -0.3 is 15.0 Å². The van der Waals surface area contributed by atoms with E-state index in [-0.39, 0.29) is 0 Å². The number of hydrogen-bond acceptors (Lipinski definition) is 6. The van der Waals surface area contributed by atoms with Crippen molar-refractivity contribution in [3.8, 4) is 10.8 Å². The van der Waals surface area contributed by atoms with Crippen molar-refractivity contribution in [2.75, 3.05) is 6.61 Å². The first kappa shape index (κ1) is 15.1. The molecule has 0 aliphatic heterocycles. The van der Waals surface area contributed by atoms with Crippen LogP contribution in [0.1, 0.15) is 37.6 Å². The lowest BCUT2D eigenvalue weighted by Gasteiger charge is -2.29. The second-order valence-corrected chi connectivity index (χ2v) is 8.14. The highest BCUT2D eigenvalue weighted by atomic mass is 79.9. The molecule has 2 heterocycles. The lowest BCUT2D eigenvalue weighted by Crippen LogP contribution is -2.41. The van der Waals surface area contributed by atoms with Crippen molar-refractivity contribution in [1.29, 1.82) is 0 Å². The zero-order valence-electron chi connectivity index (χ0n) is 12.1. The van der Waals surface area contributed by atoms with Crippen LogP contribution >= 0.6 is 27.3 Å². The van der Waals surface area contributed by atoms with Gasteiger partial charge in [0.2, 0.25) is 0 Å². The molecule has 114 valence electrons. The smallest absolute Gasteiger partial charge is 0.268 e. The van der Waals surface area contributed by atoms with Gasteiger partial charge in [-0.15, -0.1) is 11.3 Å². The quantitative estimate of drug-likeness (QED) is 0.868. The Bertz CT molecular complexity index is 614. The number of aryl methyl sites for hydroxylation is 1. The molecule has 1 atom stereocenters. The van der Waals surface area contributed by atoms with Crippen molar-refractivity contribution >= 4 is 27.3 Å². The third kappa shape index (κ3) is 3.21. The molecule has 0 saturated heterocycles. The van der Waals surface area contributed by atoms with E-state index in [1.165, 1.54) is 6.42 Å². The number of aromatic nitrogens is 2. The Labute approximate surface area is 136 Å². The van der Waals surface area contributed by atoms with Gasteiger partial charge in [0.1, 0.15) is 5.54 Å². The number of hydrogen-bond donors (Lipinski definition) is 1. The summed E-state index contributed by atoms with van der Waals surface area (Å²) in [4.78, 5) is 5.37. The van der Waals surface area contributed by atoms with Crippen LogP contribution in [-0.4, -0.2) is 22.9 Å². The van der Waals surface area contributed by atoms with Gasteiger partial charge in [-0.05, 0) is 60.7 Å². The molecule has 21 heavy (non-hydrogen) atoms. The summed E-state index contributed by atoms with van der Waals surface area (Å²) in [5.41, 5.74) is 6.69. The van der Waals surface area contributed by atoms with Crippen LogP contribution in [-0.2, 0) is 10.3 Å². The first-order valence-corrected chi connectivity index (χ1v) is 8.57. The molecule has 3 rings (SSSR count). The summed E-state index contributed by atoms with van der Waals surface area (Å²) < 4.78 is 12.2. The molecule has 1 fully saturated rings. The Morgan fingerprint density at radius 2 is 2.33 bits per heavy atom. The van der Waals surface area contributed by atoms with Crippen molar-refractivity contribution in [2.45, 2.75) is 44.8 Å². The molecule has 2 aromatic heterocycles. The predicted molar refractivity (Wildman–Crippen MR) is 85.2 cm³/mol. The third-order valence-corrected chi connectivity index (χ3v) is 5.80. The van der Waals surface area contributed by atoms with Gasteiger partial charge in [-0.25, -0.2) is 0 Å². The normalized spacial score (nSPS) is 18.5. The van der Waals surface area contributed by atoms with Gasteiger partial charge in [-0.3, -0.25) is 0 Å². The van der Waals surface area contributed by atoms with Crippen molar-refractivity contribution < 1.29 is 9.26 Å². The highest BCUT2D eigenvalue weighted by Crippen LogP contribution is 2.34. The van der Waals surface area contributed by atoms with Gasteiger partial charge in [-0.2, -0.15) is 4.98 Å². The monoisotopic (exact) mass is 371 g/mol. The van der Waals surface area contributed by atoms with Gasteiger partial charge in [0, 0.05) is 0 Å². The summed E-state index contributed by atoms with van der Waals surface area (Å²) in [6.45, 7) is 4.31. The fraction of sp³-hybridized carbons (Fsp3) is 0.571. The Balaban J connectivity index is 1.73. The molecule has 5 nitrogen and oxygen atoms in total. The van der Waals surface area contributed by atoms with Gasteiger partial charge in [0.05, 0.1) is 21.4 Å². The first-order chi connectivity index (χ1) is 9.95. The second kappa shape index (κ2) is 5.79. The van der Waals surface area contributed by atoms with Crippen molar-refractivity contribution in [3.05, 3.63) is 21.2 Å². The largest absolute Gasteiger partial charge is 0.376 e. The van der Waals surface area contributed by atoms with E-state index in [0.717, 1.165) is 27.1 Å². The first-order valence-electron chi connectivity index (χ1n) is 6.97. The second-order valence-electron chi connectivity index (χ2n) is 5.77. The zero-order chi connectivity index (χ0) is 15.0. The molecule has 0 amide bonds. The molecule has 0 spiro atoms. The van der Waals surface area contributed by atoms with E-state index in [9.17, 15) is 0 Å². The Hall–Kier alpha value is -0.760. The van der Waals surface area contributed by atoms with Gasteiger partial charge in [0.25, 0.3) is 5.89 Å². The zero-order valence-corrected chi connectivity index (χ0v) is 14.5. The van der Waals surface area contributed by atoms with Crippen LogP contribution in [0.4, 0.5) is 0 Å². The molecule has 2 aromatic rings. The van der Waals surface area contributed by atoms with Crippen LogP contribution in [0.25, 0.3) is 10.8 Å². The van der Waals surface area contributed by atoms with Crippen LogP contribution < -0.4 is 5.73 Å². The highest BCUT2D eigenvalue weighted by Gasteiger charge is 2.31. The van der Waals surface area contributed by atoms with E-state index >= 15 is 0 Å². The van der Waals surface area contributed by atoms with Crippen LogP contribution in [0, 0.1) is 6.92 Å². The molecule has 0 bridgehead atoms. The average molecular weight is 372 g/mol. The molecule has 0 radical (unpaired) electrons. The SMILES string of the molecule is Cc1cc(-c2nc(C(C)(N)COC3CCC3)no2)sc1Br. The predicted octanol–water partition coefficient (Wildman–Crippen LogP) is 3.61. The molecule has 1 saturated carbocycles. The standard InChI is InChI=1S/C14H18BrN3O2S/c1-8-6-10(21-11(8)15)12-17-13(18-20-12)14(2,16)7-19-9-4-3-5-9/h6,9H,3-5,7,16H2,1-2H3. The number of nitrogens with two attached hydrogens (primary N) is 1. The van der Waals surface area contributed by atoms with Gasteiger partial charge in [-0.1, -0.05) is 5.16 Å². The number of nitrogens with zero attached hydrogens (tertiary/aromatic N) is 2. The van der Waals surface area contributed by atoms with Crippen LogP contribution in [0.3, 0.4) is 0 Å². The van der Waals surface area contributed by atoms with Crippen LogP contribution in [0.15, 0.2) is 14.4 Å². The lowest BCUT2D eigenvalue weighted by atomic mass is 9.95. The van der Waals surface area contributed by atoms with E-state index in [2.05, 4.69) is 26.1 Å². The van der Waals surface area contributed by atoms with Crippen LogP contribution in [0.2, 0.25) is 0 Å². The van der Waals surface area contributed by atoms with Crippen molar-refractivity contribution in [2.24, 2.45) is 5.73 Å². The molecule has 1 aliphatic rings. The number of ether oxygens (including phenoxy) is 1.